The van der Waals surface area contributed by atoms with Crippen molar-refractivity contribution in [3.8, 4) is 5.88 Å². The van der Waals surface area contributed by atoms with E-state index in [-0.39, 0.29) is 4.90 Å². The summed E-state index contributed by atoms with van der Waals surface area (Å²) in [6.45, 7) is 2.28. The molecule has 8 heteroatoms. The standard InChI is InChI=1S/C13H16N4O3S/c1-3-20-13-11(14)12(15-8-16-13)17-9-4-6-10(7-5-9)21(2,18)19/h4-8H,3,14H2,1-2H3,(H,15,16,17). The molecule has 0 spiro atoms. The van der Waals surface area contributed by atoms with Gasteiger partial charge in [-0.25, -0.2) is 13.4 Å². The maximum Gasteiger partial charge on any atom is 0.242 e. The highest BCUT2D eigenvalue weighted by atomic mass is 32.2. The highest BCUT2D eigenvalue weighted by molar-refractivity contribution is 7.90. The van der Waals surface area contributed by atoms with Crippen LogP contribution in [-0.4, -0.2) is 31.2 Å². The fraction of sp³-hybridized carbons (Fsp3) is 0.231. The van der Waals surface area contributed by atoms with Crippen LogP contribution in [0.4, 0.5) is 17.2 Å². The molecule has 0 saturated heterocycles. The lowest BCUT2D eigenvalue weighted by molar-refractivity contribution is 0.328. The van der Waals surface area contributed by atoms with Gasteiger partial charge in [-0.2, -0.15) is 4.98 Å². The Morgan fingerprint density at radius 3 is 2.48 bits per heavy atom. The molecule has 7 nitrogen and oxygen atoms in total. The van der Waals surface area contributed by atoms with E-state index in [1.807, 2.05) is 6.92 Å². The van der Waals surface area contributed by atoms with Crippen molar-refractivity contribution in [1.82, 2.24) is 9.97 Å². The molecule has 0 aliphatic heterocycles. The number of anilines is 3. The molecular formula is C13H16N4O3S. The van der Waals surface area contributed by atoms with Gasteiger partial charge in [-0.05, 0) is 31.2 Å². The Kier molecular flexibility index (Phi) is 4.27. The zero-order valence-electron chi connectivity index (χ0n) is 11.7. The number of nitrogens with one attached hydrogen (secondary N) is 1. The summed E-state index contributed by atoms with van der Waals surface area (Å²) in [5, 5.41) is 3.00. The van der Waals surface area contributed by atoms with Gasteiger partial charge in [0.15, 0.2) is 15.7 Å². The molecule has 0 fully saturated rings. The zero-order valence-corrected chi connectivity index (χ0v) is 12.5. The Balaban J connectivity index is 2.24. The first kappa shape index (κ1) is 15.0. The Labute approximate surface area is 123 Å². The van der Waals surface area contributed by atoms with Crippen molar-refractivity contribution in [2.24, 2.45) is 0 Å². The lowest BCUT2D eigenvalue weighted by Crippen LogP contribution is -2.05. The molecule has 0 amide bonds. The number of rotatable bonds is 5. The van der Waals surface area contributed by atoms with Crippen LogP contribution in [0.5, 0.6) is 5.88 Å². The van der Waals surface area contributed by atoms with Gasteiger partial charge in [0.2, 0.25) is 5.88 Å². The van der Waals surface area contributed by atoms with Crippen LogP contribution >= 0.6 is 0 Å². The van der Waals surface area contributed by atoms with Gasteiger partial charge in [0, 0.05) is 11.9 Å². The SMILES string of the molecule is CCOc1ncnc(Nc2ccc(S(C)(=O)=O)cc2)c1N. The van der Waals surface area contributed by atoms with Crippen molar-refractivity contribution in [3.63, 3.8) is 0 Å². The third kappa shape index (κ3) is 3.60. The summed E-state index contributed by atoms with van der Waals surface area (Å²) in [4.78, 5) is 8.23. The largest absolute Gasteiger partial charge is 0.476 e. The van der Waals surface area contributed by atoms with E-state index in [1.165, 1.54) is 18.5 Å². The highest BCUT2D eigenvalue weighted by Crippen LogP contribution is 2.27. The fourth-order valence-electron chi connectivity index (χ4n) is 1.65. The van der Waals surface area contributed by atoms with Gasteiger partial charge in [-0.15, -0.1) is 0 Å². The van der Waals surface area contributed by atoms with Gasteiger partial charge in [-0.1, -0.05) is 0 Å². The number of hydrogen-bond donors (Lipinski definition) is 2. The number of aromatic nitrogens is 2. The Morgan fingerprint density at radius 1 is 1.24 bits per heavy atom. The molecule has 3 N–H and O–H groups in total. The molecule has 0 saturated carbocycles. The first-order valence-electron chi connectivity index (χ1n) is 6.22. The molecule has 0 aliphatic carbocycles. The summed E-state index contributed by atoms with van der Waals surface area (Å²) in [5.74, 6) is 0.711. The normalized spacial score (nSPS) is 11.1. The first-order valence-corrected chi connectivity index (χ1v) is 8.11. The minimum absolute atomic E-state index is 0.249. The van der Waals surface area contributed by atoms with Crippen molar-refractivity contribution in [2.75, 3.05) is 23.9 Å². The van der Waals surface area contributed by atoms with Gasteiger partial charge < -0.3 is 15.8 Å². The fourth-order valence-corrected chi connectivity index (χ4v) is 2.28. The van der Waals surface area contributed by atoms with E-state index < -0.39 is 9.84 Å². The van der Waals surface area contributed by atoms with E-state index in [9.17, 15) is 8.42 Å². The minimum Gasteiger partial charge on any atom is -0.476 e. The van der Waals surface area contributed by atoms with Crippen LogP contribution in [0.15, 0.2) is 35.5 Å². The van der Waals surface area contributed by atoms with Crippen molar-refractivity contribution >= 4 is 27.0 Å². The number of nitrogens with zero attached hydrogens (tertiary/aromatic N) is 2. The highest BCUT2D eigenvalue weighted by Gasteiger charge is 2.10. The van der Waals surface area contributed by atoms with E-state index in [2.05, 4.69) is 15.3 Å². The van der Waals surface area contributed by atoms with Crippen molar-refractivity contribution in [1.29, 1.82) is 0 Å². The molecule has 0 bridgehead atoms. The number of benzene rings is 1. The molecule has 0 atom stereocenters. The Morgan fingerprint density at radius 2 is 1.90 bits per heavy atom. The monoisotopic (exact) mass is 308 g/mol. The lowest BCUT2D eigenvalue weighted by Gasteiger charge is -2.11. The molecule has 112 valence electrons. The molecule has 1 aromatic heterocycles. The third-order valence-electron chi connectivity index (χ3n) is 2.67. The smallest absolute Gasteiger partial charge is 0.242 e. The number of ether oxygens (including phenoxy) is 1. The predicted molar refractivity (Wildman–Crippen MR) is 80.4 cm³/mol. The molecule has 2 rings (SSSR count). The number of nitrogen functional groups attached to an aromatic ring is 1. The quantitative estimate of drug-likeness (QED) is 0.863. The summed E-state index contributed by atoms with van der Waals surface area (Å²) >= 11 is 0. The summed E-state index contributed by atoms with van der Waals surface area (Å²) < 4.78 is 28.1. The van der Waals surface area contributed by atoms with Gasteiger partial charge in [0.25, 0.3) is 0 Å². The second kappa shape index (κ2) is 5.96. The average molecular weight is 308 g/mol. The maximum atomic E-state index is 11.4. The molecule has 0 radical (unpaired) electrons. The molecular weight excluding hydrogens is 292 g/mol. The topological polar surface area (TPSA) is 107 Å². The Bertz CT molecular complexity index is 730. The molecule has 2 aromatic rings. The van der Waals surface area contributed by atoms with Gasteiger partial charge in [0.05, 0.1) is 11.5 Å². The number of sulfone groups is 1. The van der Waals surface area contributed by atoms with Crippen LogP contribution in [0.3, 0.4) is 0 Å². The molecule has 0 unspecified atom stereocenters. The predicted octanol–water partition coefficient (Wildman–Crippen LogP) is 1.60. The average Bonchev–Trinajstić information content (AvgIpc) is 2.43. The van der Waals surface area contributed by atoms with Gasteiger partial charge >= 0.3 is 0 Å². The van der Waals surface area contributed by atoms with Gasteiger partial charge in [0.1, 0.15) is 12.0 Å². The zero-order chi connectivity index (χ0) is 15.5. The first-order chi connectivity index (χ1) is 9.91. The van der Waals surface area contributed by atoms with Crippen LogP contribution in [0.25, 0.3) is 0 Å². The minimum atomic E-state index is -3.21. The van der Waals surface area contributed by atoms with E-state index in [4.69, 9.17) is 10.5 Å². The van der Waals surface area contributed by atoms with E-state index >= 15 is 0 Å². The van der Waals surface area contributed by atoms with Crippen molar-refractivity contribution in [3.05, 3.63) is 30.6 Å². The molecule has 1 heterocycles. The third-order valence-corrected chi connectivity index (χ3v) is 3.80. The maximum absolute atomic E-state index is 11.4. The lowest BCUT2D eigenvalue weighted by atomic mass is 10.3. The van der Waals surface area contributed by atoms with Gasteiger partial charge in [-0.3, -0.25) is 0 Å². The van der Waals surface area contributed by atoms with Crippen LogP contribution in [0, 0.1) is 0 Å². The summed E-state index contributed by atoms with van der Waals surface area (Å²) in [6, 6.07) is 6.30. The number of nitrogens with two attached hydrogens (primary N) is 1. The van der Waals surface area contributed by atoms with E-state index in [1.54, 1.807) is 12.1 Å². The van der Waals surface area contributed by atoms with Crippen LogP contribution in [0.1, 0.15) is 6.92 Å². The van der Waals surface area contributed by atoms with Crippen LogP contribution < -0.4 is 15.8 Å². The van der Waals surface area contributed by atoms with Crippen molar-refractivity contribution < 1.29 is 13.2 Å². The van der Waals surface area contributed by atoms with Crippen LogP contribution in [-0.2, 0) is 9.84 Å². The second-order valence-electron chi connectivity index (χ2n) is 4.30. The Hall–Kier alpha value is -2.35. The summed E-state index contributed by atoms with van der Waals surface area (Å²) in [6.07, 6.45) is 2.50. The van der Waals surface area contributed by atoms with E-state index in [0.29, 0.717) is 29.7 Å². The summed E-state index contributed by atoms with van der Waals surface area (Å²) in [5.41, 5.74) is 6.87. The van der Waals surface area contributed by atoms with Crippen LogP contribution in [0.2, 0.25) is 0 Å². The molecule has 0 aliphatic rings. The molecule has 21 heavy (non-hydrogen) atoms. The van der Waals surface area contributed by atoms with E-state index in [0.717, 1.165) is 6.26 Å². The van der Waals surface area contributed by atoms with Crippen molar-refractivity contribution in [2.45, 2.75) is 11.8 Å². The molecule has 1 aromatic carbocycles. The second-order valence-corrected chi connectivity index (χ2v) is 6.31. The summed E-state index contributed by atoms with van der Waals surface area (Å²) in [7, 11) is -3.21. The number of hydrogen-bond acceptors (Lipinski definition) is 7.